The van der Waals surface area contributed by atoms with Crippen LogP contribution >= 0.6 is 0 Å². The summed E-state index contributed by atoms with van der Waals surface area (Å²) in [6.45, 7) is 5.15. The molecule has 0 aliphatic heterocycles. The van der Waals surface area contributed by atoms with Gasteiger partial charge in [-0.1, -0.05) is 6.07 Å². The van der Waals surface area contributed by atoms with E-state index in [9.17, 15) is 0 Å². The predicted molar refractivity (Wildman–Crippen MR) is 82.1 cm³/mol. The van der Waals surface area contributed by atoms with Crippen molar-refractivity contribution in [1.29, 1.82) is 0 Å². The second-order valence-corrected chi connectivity index (χ2v) is 4.71. The minimum Gasteiger partial charge on any atom is -0.444 e. The minimum absolute atomic E-state index is 0.515. The average Bonchev–Trinajstić information content (AvgIpc) is 2.82. The van der Waals surface area contributed by atoms with E-state index in [1.54, 1.807) is 13.2 Å². The lowest BCUT2D eigenvalue weighted by Gasteiger charge is -2.10. The molecule has 2 rings (SSSR count). The standard InChI is InChI=1S/C15H21N5O/c1-11-12(2)21-14(20-11)10-19-15(16-3)18-8-6-13-5-4-7-17-9-13/h4-5,7,9H,6,8,10H2,1-3H3,(H2,16,18,19). The van der Waals surface area contributed by atoms with Crippen molar-refractivity contribution in [2.75, 3.05) is 13.6 Å². The number of guanidine groups is 1. The van der Waals surface area contributed by atoms with E-state index >= 15 is 0 Å². The number of rotatable bonds is 5. The monoisotopic (exact) mass is 287 g/mol. The highest BCUT2D eigenvalue weighted by atomic mass is 16.4. The Morgan fingerprint density at radius 3 is 2.81 bits per heavy atom. The maximum absolute atomic E-state index is 5.52. The molecular formula is C15H21N5O. The van der Waals surface area contributed by atoms with Crippen LogP contribution in [0.5, 0.6) is 0 Å². The van der Waals surface area contributed by atoms with E-state index in [-0.39, 0.29) is 0 Å². The molecule has 0 saturated heterocycles. The molecule has 2 aromatic rings. The van der Waals surface area contributed by atoms with Crippen LogP contribution in [0.4, 0.5) is 0 Å². The molecule has 0 unspecified atom stereocenters. The van der Waals surface area contributed by atoms with Gasteiger partial charge < -0.3 is 15.1 Å². The van der Waals surface area contributed by atoms with Gasteiger partial charge >= 0.3 is 0 Å². The first kappa shape index (κ1) is 15.0. The van der Waals surface area contributed by atoms with Gasteiger partial charge in [-0.3, -0.25) is 9.98 Å². The Morgan fingerprint density at radius 1 is 1.33 bits per heavy atom. The van der Waals surface area contributed by atoms with Crippen molar-refractivity contribution in [2.45, 2.75) is 26.8 Å². The molecule has 2 N–H and O–H groups in total. The molecule has 2 aromatic heterocycles. The van der Waals surface area contributed by atoms with Crippen LogP contribution in [0, 0.1) is 13.8 Å². The number of hydrogen-bond donors (Lipinski definition) is 2. The molecule has 0 aromatic carbocycles. The van der Waals surface area contributed by atoms with E-state index in [0.29, 0.717) is 12.4 Å². The number of aliphatic imine (C=N–C) groups is 1. The third-order valence-electron chi connectivity index (χ3n) is 3.13. The molecule has 0 fully saturated rings. The van der Waals surface area contributed by atoms with Gasteiger partial charge in [-0.2, -0.15) is 0 Å². The molecule has 2 heterocycles. The molecule has 0 atom stereocenters. The molecule has 112 valence electrons. The van der Waals surface area contributed by atoms with Crippen molar-refractivity contribution in [3.63, 3.8) is 0 Å². The third-order valence-corrected chi connectivity index (χ3v) is 3.13. The Labute approximate surface area is 124 Å². The SMILES string of the molecule is CN=C(NCCc1cccnc1)NCc1nc(C)c(C)o1. The van der Waals surface area contributed by atoms with Gasteiger partial charge in [0.1, 0.15) is 5.76 Å². The Morgan fingerprint density at radius 2 is 2.19 bits per heavy atom. The molecule has 6 heteroatoms. The van der Waals surface area contributed by atoms with Gasteiger partial charge in [-0.25, -0.2) is 4.98 Å². The maximum atomic E-state index is 5.52. The second kappa shape index (κ2) is 7.42. The van der Waals surface area contributed by atoms with Gasteiger partial charge in [0.05, 0.1) is 12.2 Å². The van der Waals surface area contributed by atoms with Crippen LogP contribution in [0.2, 0.25) is 0 Å². The summed E-state index contributed by atoms with van der Waals surface area (Å²) >= 11 is 0. The predicted octanol–water partition coefficient (Wildman–Crippen LogP) is 1.59. The highest BCUT2D eigenvalue weighted by Gasteiger charge is 2.06. The van der Waals surface area contributed by atoms with Crippen molar-refractivity contribution in [3.8, 4) is 0 Å². The van der Waals surface area contributed by atoms with E-state index < -0.39 is 0 Å². The van der Waals surface area contributed by atoms with Gasteiger partial charge in [0.2, 0.25) is 5.89 Å². The van der Waals surface area contributed by atoms with E-state index in [1.165, 1.54) is 5.56 Å². The molecule has 0 amide bonds. The molecule has 0 bridgehead atoms. The van der Waals surface area contributed by atoms with Crippen LogP contribution in [-0.2, 0) is 13.0 Å². The summed E-state index contributed by atoms with van der Waals surface area (Å²) in [5.74, 6) is 2.25. The molecule has 0 spiro atoms. The second-order valence-electron chi connectivity index (χ2n) is 4.71. The zero-order valence-electron chi connectivity index (χ0n) is 12.7. The number of nitrogens with zero attached hydrogens (tertiary/aromatic N) is 3. The van der Waals surface area contributed by atoms with Crippen LogP contribution in [0.25, 0.3) is 0 Å². The van der Waals surface area contributed by atoms with E-state index in [0.717, 1.165) is 30.4 Å². The van der Waals surface area contributed by atoms with Crippen LogP contribution in [-0.4, -0.2) is 29.5 Å². The maximum Gasteiger partial charge on any atom is 0.214 e. The number of pyridine rings is 1. The highest BCUT2D eigenvalue weighted by molar-refractivity contribution is 5.79. The first-order valence-electron chi connectivity index (χ1n) is 6.95. The average molecular weight is 287 g/mol. The van der Waals surface area contributed by atoms with E-state index in [4.69, 9.17) is 4.42 Å². The Kier molecular flexibility index (Phi) is 5.31. The van der Waals surface area contributed by atoms with Gasteiger partial charge in [-0.05, 0) is 31.9 Å². The fraction of sp³-hybridized carbons (Fsp3) is 0.400. The molecule has 0 saturated carbocycles. The molecule has 0 radical (unpaired) electrons. The van der Waals surface area contributed by atoms with Crippen LogP contribution in [0.1, 0.15) is 22.9 Å². The van der Waals surface area contributed by atoms with Crippen molar-refractivity contribution >= 4 is 5.96 Å². The van der Waals surface area contributed by atoms with Crippen LogP contribution in [0.15, 0.2) is 33.9 Å². The lowest BCUT2D eigenvalue weighted by Crippen LogP contribution is -2.37. The van der Waals surface area contributed by atoms with Gasteiger partial charge in [0.15, 0.2) is 5.96 Å². The van der Waals surface area contributed by atoms with Crippen molar-refractivity contribution in [2.24, 2.45) is 4.99 Å². The topological polar surface area (TPSA) is 75.3 Å². The summed E-state index contributed by atoms with van der Waals surface area (Å²) in [5, 5.41) is 6.43. The van der Waals surface area contributed by atoms with E-state index in [1.807, 2.05) is 26.1 Å². The molecule has 21 heavy (non-hydrogen) atoms. The largest absolute Gasteiger partial charge is 0.444 e. The summed E-state index contributed by atoms with van der Waals surface area (Å²) in [5.41, 5.74) is 2.12. The first-order chi connectivity index (χ1) is 10.2. The van der Waals surface area contributed by atoms with Crippen molar-refractivity contribution in [1.82, 2.24) is 20.6 Å². The molecule has 6 nitrogen and oxygen atoms in total. The lowest BCUT2D eigenvalue weighted by atomic mass is 10.2. The zero-order chi connectivity index (χ0) is 15.1. The first-order valence-corrected chi connectivity index (χ1v) is 6.95. The molecule has 0 aliphatic rings. The fourth-order valence-electron chi connectivity index (χ4n) is 1.87. The Balaban J connectivity index is 1.76. The summed E-state index contributed by atoms with van der Waals surface area (Å²) in [6, 6.07) is 4.00. The van der Waals surface area contributed by atoms with E-state index in [2.05, 4.69) is 31.7 Å². The minimum atomic E-state index is 0.515. The van der Waals surface area contributed by atoms with Crippen LogP contribution < -0.4 is 10.6 Å². The summed E-state index contributed by atoms with van der Waals surface area (Å²) in [4.78, 5) is 12.6. The molecule has 0 aliphatic carbocycles. The van der Waals surface area contributed by atoms with Crippen molar-refractivity contribution < 1.29 is 4.42 Å². The fourth-order valence-corrected chi connectivity index (χ4v) is 1.87. The summed E-state index contributed by atoms with van der Waals surface area (Å²) < 4.78 is 5.52. The number of oxazole rings is 1. The number of aromatic nitrogens is 2. The Bertz CT molecular complexity index is 572. The Hall–Kier alpha value is -2.37. The summed E-state index contributed by atoms with van der Waals surface area (Å²) in [6.07, 6.45) is 4.54. The van der Waals surface area contributed by atoms with Gasteiger partial charge in [0, 0.05) is 26.0 Å². The van der Waals surface area contributed by atoms with Gasteiger partial charge in [0.25, 0.3) is 0 Å². The molecular weight excluding hydrogens is 266 g/mol. The smallest absolute Gasteiger partial charge is 0.214 e. The zero-order valence-corrected chi connectivity index (χ0v) is 12.7. The number of hydrogen-bond acceptors (Lipinski definition) is 4. The third kappa shape index (κ3) is 4.59. The highest BCUT2D eigenvalue weighted by Crippen LogP contribution is 2.07. The summed E-state index contributed by atoms with van der Waals surface area (Å²) in [7, 11) is 1.74. The van der Waals surface area contributed by atoms with Gasteiger partial charge in [-0.15, -0.1) is 0 Å². The number of nitrogens with one attached hydrogen (secondary N) is 2. The number of aryl methyl sites for hydroxylation is 2. The van der Waals surface area contributed by atoms with Crippen molar-refractivity contribution in [3.05, 3.63) is 47.4 Å². The lowest BCUT2D eigenvalue weighted by molar-refractivity contribution is 0.464. The van der Waals surface area contributed by atoms with Crippen LogP contribution in [0.3, 0.4) is 0 Å². The normalized spacial score (nSPS) is 11.5. The quantitative estimate of drug-likeness (QED) is 0.645.